The molecule has 1 amide bonds. The summed E-state index contributed by atoms with van der Waals surface area (Å²) in [6, 6.07) is 9.18. The predicted octanol–water partition coefficient (Wildman–Crippen LogP) is 3.24. The van der Waals surface area contributed by atoms with Crippen LogP contribution in [0.2, 0.25) is 0 Å². The monoisotopic (exact) mass is 386 g/mol. The Morgan fingerprint density at radius 1 is 1.07 bits per heavy atom. The molecule has 0 atom stereocenters. The zero-order valence-electron chi connectivity index (χ0n) is 13.8. The van der Waals surface area contributed by atoms with Crippen LogP contribution >= 0.6 is 11.3 Å². The van der Waals surface area contributed by atoms with Crippen LogP contribution in [-0.4, -0.2) is 21.1 Å². The second kappa shape index (κ2) is 6.84. The van der Waals surface area contributed by atoms with Crippen LogP contribution in [0.15, 0.2) is 40.8 Å². The number of nitrogens with zero attached hydrogens (tertiary/aromatic N) is 3. The molecule has 0 saturated carbocycles. The molecule has 0 bridgehead atoms. The number of primary amides is 1. The number of fused-ring (bicyclic) bond motifs is 1. The van der Waals surface area contributed by atoms with Gasteiger partial charge >= 0.3 is 0 Å². The first-order valence-electron chi connectivity index (χ1n) is 7.93. The molecule has 9 heteroatoms. The van der Waals surface area contributed by atoms with Gasteiger partial charge in [0.05, 0.1) is 16.6 Å². The summed E-state index contributed by atoms with van der Waals surface area (Å²) in [7, 11) is 0. The van der Waals surface area contributed by atoms with Crippen LogP contribution < -0.4 is 5.73 Å². The number of carbonyl (C=O) groups excluding carboxylic acids is 1. The first-order valence-corrected chi connectivity index (χ1v) is 8.75. The third-order valence-corrected chi connectivity index (χ3v) is 4.91. The molecule has 4 rings (SSSR count). The number of halogens is 2. The Morgan fingerprint density at radius 2 is 1.85 bits per heavy atom. The Hall–Kier alpha value is -3.20. The minimum Gasteiger partial charge on any atom is -0.424 e. The zero-order valence-corrected chi connectivity index (χ0v) is 14.6. The van der Waals surface area contributed by atoms with Gasteiger partial charge in [-0.3, -0.25) is 4.79 Å². The molecule has 4 aromatic rings. The smallest absolute Gasteiger partial charge is 0.226 e. The second-order valence-corrected chi connectivity index (χ2v) is 6.86. The van der Waals surface area contributed by atoms with E-state index in [2.05, 4.69) is 15.2 Å². The summed E-state index contributed by atoms with van der Waals surface area (Å²) in [5, 5.41) is 8.12. The van der Waals surface area contributed by atoms with E-state index in [9.17, 15) is 13.6 Å². The van der Waals surface area contributed by atoms with E-state index in [-0.39, 0.29) is 35.7 Å². The summed E-state index contributed by atoms with van der Waals surface area (Å²) in [6.45, 7) is 0. The van der Waals surface area contributed by atoms with E-state index in [1.54, 1.807) is 18.2 Å². The Labute approximate surface area is 155 Å². The number of thiazole rings is 1. The number of benzene rings is 2. The predicted molar refractivity (Wildman–Crippen MR) is 95.0 cm³/mol. The number of amides is 1. The van der Waals surface area contributed by atoms with Gasteiger partial charge in [-0.05, 0) is 18.2 Å². The lowest BCUT2D eigenvalue weighted by molar-refractivity contribution is -0.117. The van der Waals surface area contributed by atoms with Gasteiger partial charge in [0.2, 0.25) is 17.7 Å². The highest BCUT2D eigenvalue weighted by molar-refractivity contribution is 7.18. The third kappa shape index (κ3) is 3.41. The molecule has 0 fully saturated rings. The van der Waals surface area contributed by atoms with Gasteiger partial charge in [-0.2, -0.15) is 0 Å². The highest BCUT2D eigenvalue weighted by Gasteiger charge is 2.17. The van der Waals surface area contributed by atoms with Crippen molar-refractivity contribution in [1.82, 2.24) is 15.2 Å². The van der Waals surface area contributed by atoms with Crippen molar-refractivity contribution in [2.24, 2.45) is 5.73 Å². The number of hydrogen-bond acceptors (Lipinski definition) is 6. The van der Waals surface area contributed by atoms with E-state index in [0.29, 0.717) is 15.2 Å². The van der Waals surface area contributed by atoms with Gasteiger partial charge in [-0.25, -0.2) is 13.8 Å². The zero-order chi connectivity index (χ0) is 19.0. The van der Waals surface area contributed by atoms with Gasteiger partial charge in [0.1, 0.15) is 17.2 Å². The lowest BCUT2D eigenvalue weighted by Gasteiger charge is -2.04. The molecule has 2 aromatic heterocycles. The van der Waals surface area contributed by atoms with E-state index in [0.717, 1.165) is 11.3 Å². The molecule has 27 heavy (non-hydrogen) atoms. The Kier molecular flexibility index (Phi) is 4.36. The molecular weight excluding hydrogens is 374 g/mol. The fourth-order valence-corrected chi connectivity index (χ4v) is 3.67. The molecular formula is C18H12F2N4O2S. The van der Waals surface area contributed by atoms with Gasteiger partial charge in [0.25, 0.3) is 0 Å². The first-order chi connectivity index (χ1) is 13.0. The van der Waals surface area contributed by atoms with Crippen LogP contribution in [0.5, 0.6) is 0 Å². The summed E-state index contributed by atoms with van der Waals surface area (Å²) >= 11 is 1.13. The minimum absolute atomic E-state index is 0.117. The molecule has 6 nitrogen and oxygen atoms in total. The number of aromatic nitrogens is 3. The second-order valence-electron chi connectivity index (χ2n) is 5.77. The van der Waals surface area contributed by atoms with Gasteiger partial charge in [-0.1, -0.05) is 18.2 Å². The maximum Gasteiger partial charge on any atom is 0.226 e. The molecule has 0 aliphatic rings. The normalized spacial score (nSPS) is 11.2. The molecule has 0 aliphatic heterocycles. The average Bonchev–Trinajstić information content (AvgIpc) is 3.23. The van der Waals surface area contributed by atoms with Crippen molar-refractivity contribution in [3.8, 4) is 11.1 Å². The SMILES string of the molecule is NC(=O)Cc1nnc(Cc2nc3ccc(-c4ccccc4F)c(F)c3s2)o1. The van der Waals surface area contributed by atoms with Crippen LogP contribution in [0, 0.1) is 11.6 Å². The number of nitrogens with two attached hydrogens (primary N) is 1. The van der Waals surface area contributed by atoms with Crippen LogP contribution in [0.3, 0.4) is 0 Å². The number of carbonyl (C=O) groups is 1. The lowest BCUT2D eigenvalue weighted by Crippen LogP contribution is -2.13. The molecule has 0 radical (unpaired) electrons. The largest absolute Gasteiger partial charge is 0.424 e. The third-order valence-electron chi connectivity index (χ3n) is 3.84. The van der Waals surface area contributed by atoms with Gasteiger partial charge in [0.15, 0.2) is 5.82 Å². The lowest BCUT2D eigenvalue weighted by atomic mass is 10.0. The van der Waals surface area contributed by atoms with Crippen molar-refractivity contribution in [3.63, 3.8) is 0 Å². The van der Waals surface area contributed by atoms with Crippen LogP contribution in [0.1, 0.15) is 16.8 Å². The summed E-state index contributed by atoms with van der Waals surface area (Å²) in [6.07, 6.45) is 0.0487. The fraction of sp³-hybridized carbons (Fsp3) is 0.111. The molecule has 136 valence electrons. The van der Waals surface area contributed by atoms with Crippen molar-refractivity contribution < 1.29 is 18.0 Å². The van der Waals surface area contributed by atoms with Crippen LogP contribution in [0.25, 0.3) is 21.3 Å². The highest BCUT2D eigenvalue weighted by Crippen LogP contribution is 2.34. The standard InChI is InChI=1S/C18H12F2N4O2S/c19-11-4-2-1-3-9(11)10-5-6-12-18(17(10)20)27-16(22-12)8-15-24-23-14(26-15)7-13(21)25/h1-6H,7-8H2,(H2,21,25). The summed E-state index contributed by atoms with van der Waals surface area (Å²) in [4.78, 5) is 15.2. The molecule has 2 aromatic carbocycles. The van der Waals surface area contributed by atoms with Crippen LogP contribution in [0.4, 0.5) is 8.78 Å². The van der Waals surface area contributed by atoms with Gasteiger partial charge in [0, 0.05) is 11.1 Å². The van der Waals surface area contributed by atoms with Crippen LogP contribution in [-0.2, 0) is 17.6 Å². The molecule has 0 unspecified atom stereocenters. The maximum atomic E-state index is 14.9. The van der Waals surface area contributed by atoms with Gasteiger partial charge in [-0.15, -0.1) is 21.5 Å². The molecule has 0 aliphatic carbocycles. The van der Waals surface area contributed by atoms with Crippen molar-refractivity contribution in [1.29, 1.82) is 0 Å². The molecule has 0 spiro atoms. The minimum atomic E-state index is -0.576. The highest BCUT2D eigenvalue weighted by atomic mass is 32.1. The fourth-order valence-electron chi connectivity index (χ4n) is 2.68. The first kappa shape index (κ1) is 17.2. The van der Waals surface area contributed by atoms with E-state index < -0.39 is 17.5 Å². The maximum absolute atomic E-state index is 14.9. The van der Waals surface area contributed by atoms with Crippen molar-refractivity contribution in [2.75, 3.05) is 0 Å². The number of rotatable bonds is 5. The van der Waals surface area contributed by atoms with Gasteiger partial charge < -0.3 is 10.2 Å². The Balaban J connectivity index is 1.67. The average molecular weight is 386 g/mol. The van der Waals surface area contributed by atoms with E-state index >= 15 is 0 Å². The summed E-state index contributed by atoms with van der Waals surface area (Å²) in [5.74, 6) is -1.23. The number of hydrogen-bond donors (Lipinski definition) is 1. The van der Waals surface area contributed by atoms with Crippen molar-refractivity contribution in [2.45, 2.75) is 12.8 Å². The van der Waals surface area contributed by atoms with E-state index in [1.165, 1.54) is 18.2 Å². The Morgan fingerprint density at radius 3 is 2.63 bits per heavy atom. The summed E-state index contributed by atoms with van der Waals surface area (Å²) < 4.78 is 34.6. The van der Waals surface area contributed by atoms with Crippen molar-refractivity contribution in [3.05, 3.63) is 64.8 Å². The Bertz CT molecular complexity index is 1160. The topological polar surface area (TPSA) is 94.9 Å². The molecule has 2 N–H and O–H groups in total. The van der Waals surface area contributed by atoms with E-state index in [4.69, 9.17) is 10.2 Å². The quantitative estimate of drug-likeness (QED) is 0.568. The molecule has 0 saturated heterocycles. The summed E-state index contributed by atoms with van der Waals surface area (Å²) in [5.41, 5.74) is 5.92. The molecule has 2 heterocycles. The van der Waals surface area contributed by atoms with E-state index in [1.807, 2.05) is 0 Å². The van der Waals surface area contributed by atoms with Crippen molar-refractivity contribution >= 4 is 27.5 Å².